The highest BCUT2D eigenvalue weighted by Crippen LogP contribution is 2.28. The van der Waals surface area contributed by atoms with Crippen LogP contribution in [0.3, 0.4) is 0 Å². The van der Waals surface area contributed by atoms with Gasteiger partial charge in [-0.15, -0.1) is 11.8 Å². The highest BCUT2D eigenvalue weighted by atomic mass is 32.2. The summed E-state index contributed by atoms with van der Waals surface area (Å²) < 4.78 is 0. The molecule has 0 saturated heterocycles. The molecule has 0 saturated carbocycles. The maximum atomic E-state index is 12.7. The van der Waals surface area contributed by atoms with Crippen molar-refractivity contribution in [2.75, 3.05) is 10.6 Å². The Morgan fingerprint density at radius 3 is 2.48 bits per heavy atom. The largest absolute Gasteiger partial charge is 0.481 e. The summed E-state index contributed by atoms with van der Waals surface area (Å²) in [5, 5.41) is 14.0. The number of carbonyl (C=O) groups is 3. The molecule has 7 heteroatoms. The molecular formula is C22H26N2O4S. The molecule has 0 aromatic heterocycles. The molecule has 1 unspecified atom stereocenters. The van der Waals surface area contributed by atoms with E-state index in [1.54, 1.807) is 18.2 Å². The first kappa shape index (κ1) is 22.5. The fraction of sp³-hybridized carbons (Fsp3) is 0.318. The van der Waals surface area contributed by atoms with Crippen LogP contribution in [0.25, 0.3) is 0 Å². The standard InChI is InChI=1S/C22H26N2O4S/c1-4-16-8-5-7-14(2)21(16)24-22(28)15(3)29-18-10-6-9-17(13-18)23-19(25)11-12-20(26)27/h5-10,13,15H,4,11-12H2,1-3H3,(H,23,25)(H,24,28)(H,26,27). The Kier molecular flexibility index (Phi) is 8.27. The van der Waals surface area contributed by atoms with Crippen LogP contribution in [-0.2, 0) is 20.8 Å². The maximum absolute atomic E-state index is 12.7. The number of thioether (sulfide) groups is 1. The predicted octanol–water partition coefficient (Wildman–Crippen LogP) is 4.48. The van der Waals surface area contributed by atoms with Crippen LogP contribution in [0.4, 0.5) is 11.4 Å². The number of para-hydroxylation sites is 1. The van der Waals surface area contributed by atoms with Crippen molar-refractivity contribution < 1.29 is 19.5 Å². The molecule has 2 aromatic rings. The predicted molar refractivity (Wildman–Crippen MR) is 116 cm³/mol. The van der Waals surface area contributed by atoms with Crippen molar-refractivity contribution >= 4 is 40.9 Å². The molecule has 2 amide bonds. The molecule has 0 spiro atoms. The van der Waals surface area contributed by atoms with Crippen molar-refractivity contribution in [3.8, 4) is 0 Å². The average molecular weight is 415 g/mol. The highest BCUT2D eigenvalue weighted by molar-refractivity contribution is 8.00. The molecule has 0 radical (unpaired) electrons. The van der Waals surface area contributed by atoms with Gasteiger partial charge < -0.3 is 15.7 Å². The zero-order valence-electron chi connectivity index (χ0n) is 16.8. The number of carboxylic acid groups (broad SMARTS) is 1. The van der Waals surface area contributed by atoms with Crippen molar-refractivity contribution in [3.63, 3.8) is 0 Å². The number of nitrogens with one attached hydrogen (secondary N) is 2. The van der Waals surface area contributed by atoms with Crippen molar-refractivity contribution in [2.45, 2.75) is 50.2 Å². The molecule has 0 fully saturated rings. The van der Waals surface area contributed by atoms with Gasteiger partial charge in [0.05, 0.1) is 11.7 Å². The minimum Gasteiger partial charge on any atom is -0.481 e. The molecule has 0 aliphatic heterocycles. The van der Waals surface area contributed by atoms with E-state index in [1.165, 1.54) is 11.8 Å². The van der Waals surface area contributed by atoms with Crippen LogP contribution in [0.1, 0.15) is 37.8 Å². The second-order valence-electron chi connectivity index (χ2n) is 6.68. The average Bonchev–Trinajstić information content (AvgIpc) is 2.68. The number of carboxylic acids is 1. The van der Waals surface area contributed by atoms with Gasteiger partial charge in [-0.05, 0) is 49.6 Å². The molecule has 0 aliphatic carbocycles. The number of anilines is 2. The molecule has 3 N–H and O–H groups in total. The summed E-state index contributed by atoms with van der Waals surface area (Å²) in [5.74, 6) is -1.45. The third-order valence-electron chi connectivity index (χ3n) is 4.35. The van der Waals surface area contributed by atoms with E-state index in [4.69, 9.17) is 5.11 Å². The van der Waals surface area contributed by atoms with E-state index in [1.807, 2.05) is 38.1 Å². The monoisotopic (exact) mass is 414 g/mol. The molecule has 0 bridgehead atoms. The van der Waals surface area contributed by atoms with Crippen molar-refractivity contribution in [1.29, 1.82) is 0 Å². The van der Waals surface area contributed by atoms with Gasteiger partial charge >= 0.3 is 5.97 Å². The summed E-state index contributed by atoms with van der Waals surface area (Å²) in [5.41, 5.74) is 3.57. The molecule has 0 heterocycles. The Bertz CT molecular complexity index is 898. The number of aliphatic carboxylic acids is 1. The number of carbonyl (C=O) groups excluding carboxylic acids is 2. The van der Waals surface area contributed by atoms with Gasteiger partial charge in [0.1, 0.15) is 0 Å². The second kappa shape index (κ2) is 10.7. The fourth-order valence-corrected chi connectivity index (χ4v) is 3.70. The number of rotatable bonds is 9. The minimum absolute atomic E-state index is 0.0816. The number of hydrogen-bond donors (Lipinski definition) is 3. The molecular weight excluding hydrogens is 388 g/mol. The van der Waals surface area contributed by atoms with E-state index < -0.39 is 5.97 Å². The maximum Gasteiger partial charge on any atom is 0.303 e. The normalized spacial score (nSPS) is 11.6. The third-order valence-corrected chi connectivity index (χ3v) is 5.45. The number of hydrogen-bond acceptors (Lipinski definition) is 4. The van der Waals surface area contributed by atoms with Crippen molar-refractivity contribution in [3.05, 3.63) is 53.6 Å². The van der Waals surface area contributed by atoms with Crippen LogP contribution < -0.4 is 10.6 Å². The molecule has 29 heavy (non-hydrogen) atoms. The Morgan fingerprint density at radius 2 is 1.79 bits per heavy atom. The van der Waals surface area contributed by atoms with E-state index in [0.29, 0.717) is 5.69 Å². The summed E-state index contributed by atoms with van der Waals surface area (Å²) >= 11 is 1.39. The third kappa shape index (κ3) is 6.94. The summed E-state index contributed by atoms with van der Waals surface area (Å²) in [6.45, 7) is 5.87. The first-order chi connectivity index (χ1) is 13.8. The van der Waals surface area contributed by atoms with Gasteiger partial charge in [0.25, 0.3) is 0 Å². The lowest BCUT2D eigenvalue weighted by atomic mass is 10.1. The lowest BCUT2D eigenvalue weighted by molar-refractivity contribution is -0.138. The Labute approximate surface area is 175 Å². The first-order valence-corrected chi connectivity index (χ1v) is 10.4. The van der Waals surface area contributed by atoms with E-state index in [9.17, 15) is 14.4 Å². The van der Waals surface area contributed by atoms with Crippen LogP contribution in [0.2, 0.25) is 0 Å². The topological polar surface area (TPSA) is 95.5 Å². The molecule has 6 nitrogen and oxygen atoms in total. The smallest absolute Gasteiger partial charge is 0.303 e. The summed E-state index contributed by atoms with van der Waals surface area (Å²) in [6.07, 6.45) is 0.542. The molecule has 2 rings (SSSR count). The van der Waals surface area contributed by atoms with E-state index >= 15 is 0 Å². The SMILES string of the molecule is CCc1cccc(C)c1NC(=O)C(C)Sc1cccc(NC(=O)CCC(=O)O)c1. The second-order valence-corrected chi connectivity index (χ2v) is 8.10. The zero-order chi connectivity index (χ0) is 21.4. The molecule has 154 valence electrons. The van der Waals surface area contributed by atoms with E-state index in [-0.39, 0.29) is 29.9 Å². The van der Waals surface area contributed by atoms with Crippen molar-refractivity contribution in [1.82, 2.24) is 0 Å². The highest BCUT2D eigenvalue weighted by Gasteiger charge is 2.17. The van der Waals surface area contributed by atoms with Gasteiger partial charge in [-0.2, -0.15) is 0 Å². The van der Waals surface area contributed by atoms with Crippen LogP contribution in [0.15, 0.2) is 47.4 Å². The van der Waals surface area contributed by atoms with E-state index in [0.717, 1.165) is 28.1 Å². The summed E-state index contributed by atoms with van der Waals surface area (Å²) in [7, 11) is 0. The fourth-order valence-electron chi connectivity index (χ4n) is 2.78. The van der Waals surface area contributed by atoms with Crippen LogP contribution in [0, 0.1) is 6.92 Å². The molecule has 2 aromatic carbocycles. The Morgan fingerprint density at radius 1 is 1.07 bits per heavy atom. The number of benzene rings is 2. The van der Waals surface area contributed by atoms with Crippen LogP contribution in [-0.4, -0.2) is 28.1 Å². The zero-order valence-corrected chi connectivity index (χ0v) is 17.6. The van der Waals surface area contributed by atoms with Gasteiger partial charge in [-0.1, -0.05) is 31.2 Å². The molecule has 0 aliphatic rings. The molecule has 1 atom stereocenters. The van der Waals surface area contributed by atoms with Gasteiger partial charge in [-0.3, -0.25) is 14.4 Å². The lowest BCUT2D eigenvalue weighted by Crippen LogP contribution is -2.23. The van der Waals surface area contributed by atoms with Gasteiger partial charge in [0, 0.05) is 22.7 Å². The minimum atomic E-state index is -1.01. The van der Waals surface area contributed by atoms with Gasteiger partial charge in [0.15, 0.2) is 0 Å². The number of amides is 2. The summed E-state index contributed by atoms with van der Waals surface area (Å²) in [6, 6.07) is 13.1. The van der Waals surface area contributed by atoms with Gasteiger partial charge in [-0.25, -0.2) is 0 Å². The first-order valence-electron chi connectivity index (χ1n) is 9.47. The van der Waals surface area contributed by atoms with Crippen LogP contribution >= 0.6 is 11.8 Å². The van der Waals surface area contributed by atoms with Crippen molar-refractivity contribution in [2.24, 2.45) is 0 Å². The summed E-state index contributed by atoms with van der Waals surface area (Å²) in [4.78, 5) is 35.9. The van der Waals surface area contributed by atoms with Crippen LogP contribution in [0.5, 0.6) is 0 Å². The van der Waals surface area contributed by atoms with E-state index in [2.05, 4.69) is 17.6 Å². The Hall–Kier alpha value is -2.80. The van der Waals surface area contributed by atoms with Gasteiger partial charge in [0.2, 0.25) is 11.8 Å². The Balaban J connectivity index is 2.00. The quantitative estimate of drug-likeness (QED) is 0.526. The lowest BCUT2D eigenvalue weighted by Gasteiger charge is -2.16. The number of aryl methyl sites for hydroxylation is 2.